The first-order chi connectivity index (χ1) is 28.4. The summed E-state index contributed by atoms with van der Waals surface area (Å²) in [7, 11) is 1.31. The minimum atomic E-state index is -0.679. The van der Waals surface area contributed by atoms with E-state index in [4.69, 9.17) is 14.7 Å². The van der Waals surface area contributed by atoms with Gasteiger partial charge in [0, 0.05) is 36.8 Å². The lowest BCUT2D eigenvalue weighted by atomic mass is 9.90. The topological polar surface area (TPSA) is 148 Å². The Hall–Kier alpha value is -5.39. The maximum absolute atomic E-state index is 13.7. The number of H-pyrrole nitrogens is 2. The highest BCUT2D eigenvalue weighted by Gasteiger charge is 2.38. The van der Waals surface area contributed by atoms with Gasteiger partial charge in [-0.05, 0) is 97.6 Å². The van der Waals surface area contributed by atoms with Crippen LogP contribution in [0.3, 0.4) is 0 Å². The second-order valence-electron chi connectivity index (χ2n) is 16.7. The Labute approximate surface area is 350 Å². The molecule has 4 aliphatic carbocycles. The van der Waals surface area contributed by atoms with Crippen LogP contribution < -0.4 is 10.6 Å². The van der Waals surface area contributed by atoms with E-state index in [9.17, 15) is 14.4 Å². The van der Waals surface area contributed by atoms with Gasteiger partial charge in [-0.15, -0.1) is 0 Å². The molecule has 0 radical (unpaired) electrons. The van der Waals surface area contributed by atoms with Crippen LogP contribution in [0.4, 0.5) is 4.79 Å². The Bertz CT molecular complexity index is 2120. The fourth-order valence-corrected chi connectivity index (χ4v) is 8.96. The molecule has 4 bridgehead atoms. The van der Waals surface area contributed by atoms with Gasteiger partial charge >= 0.3 is 6.09 Å². The van der Waals surface area contributed by atoms with Crippen molar-refractivity contribution in [2.45, 2.75) is 124 Å². The number of alkyl carbamates (subject to hydrolysis) is 1. The Balaban J connectivity index is 0.00000288. The Kier molecular flexibility index (Phi) is 14.0. The average Bonchev–Trinajstić information content (AvgIpc) is 4.06. The van der Waals surface area contributed by atoms with Crippen molar-refractivity contribution in [2.24, 2.45) is 11.8 Å². The molecule has 2 aliphatic heterocycles. The number of ether oxygens (including phenoxy) is 1. The molecule has 12 heteroatoms. The molecule has 3 amide bonds. The van der Waals surface area contributed by atoms with E-state index in [1.54, 1.807) is 6.92 Å². The van der Waals surface area contributed by atoms with Gasteiger partial charge < -0.3 is 35.1 Å². The fourth-order valence-electron chi connectivity index (χ4n) is 8.96. The zero-order chi connectivity index (χ0) is 42.4. The number of benzene rings is 2. The minimum Gasteiger partial charge on any atom is -0.453 e. The molecule has 2 aromatic carbocycles. The van der Waals surface area contributed by atoms with E-state index in [1.165, 1.54) is 34.9 Å². The van der Waals surface area contributed by atoms with Gasteiger partial charge in [-0.3, -0.25) is 9.59 Å². The summed E-state index contributed by atoms with van der Waals surface area (Å²) in [5.74, 6) is 1.67. The van der Waals surface area contributed by atoms with Crippen molar-refractivity contribution in [3.8, 4) is 22.5 Å². The highest BCUT2D eigenvalue weighted by atomic mass is 16.5. The molecule has 2 aromatic heterocycles. The van der Waals surface area contributed by atoms with E-state index in [0.29, 0.717) is 6.54 Å². The summed E-state index contributed by atoms with van der Waals surface area (Å²) in [4.78, 5) is 59.1. The van der Waals surface area contributed by atoms with Gasteiger partial charge in [-0.25, -0.2) is 14.8 Å². The quantitative estimate of drug-likeness (QED) is 0.119. The number of rotatable bonds is 11. The predicted molar refractivity (Wildman–Crippen MR) is 232 cm³/mol. The average molecular weight is 805 g/mol. The summed E-state index contributed by atoms with van der Waals surface area (Å²) in [6.07, 6.45) is 10.4. The van der Waals surface area contributed by atoms with Gasteiger partial charge in [0.2, 0.25) is 11.8 Å². The van der Waals surface area contributed by atoms with Crippen LogP contribution in [0.2, 0.25) is 0 Å². The van der Waals surface area contributed by atoms with E-state index in [2.05, 4.69) is 82.3 Å². The molecular weight excluding hydrogens is 741 g/mol. The first-order valence-electron chi connectivity index (χ1n) is 21.6. The first kappa shape index (κ1) is 43.2. The molecule has 316 valence electrons. The number of aryl methyl sites for hydroxylation is 4. The number of methoxy groups -OCH3 is 1. The fraction of sp³-hybridized carbons (Fsp3) is 0.511. The molecule has 4 heterocycles. The second-order valence-corrected chi connectivity index (χ2v) is 16.7. The third-order valence-electron chi connectivity index (χ3n) is 12.1. The van der Waals surface area contributed by atoms with Gasteiger partial charge in [-0.2, -0.15) is 0 Å². The Morgan fingerprint density at radius 1 is 0.746 bits per heavy atom. The number of carbonyl (C=O) groups is 3. The molecular formula is C47H64N8O4. The lowest BCUT2D eigenvalue weighted by Gasteiger charge is -2.34. The van der Waals surface area contributed by atoms with Crippen molar-refractivity contribution in [3.63, 3.8) is 0 Å². The molecule has 2 fully saturated rings. The third-order valence-corrected chi connectivity index (χ3v) is 12.1. The monoisotopic (exact) mass is 805 g/mol. The Morgan fingerprint density at radius 2 is 1.24 bits per heavy atom. The molecule has 12 nitrogen and oxygen atoms in total. The number of hydrogen-bond donors (Lipinski definition) is 4. The van der Waals surface area contributed by atoms with Crippen LogP contribution in [-0.2, 0) is 40.0 Å². The predicted octanol–water partition coefficient (Wildman–Crippen LogP) is 8.23. The first-order valence-corrected chi connectivity index (χ1v) is 21.6. The molecule has 4 atom stereocenters. The van der Waals surface area contributed by atoms with Crippen molar-refractivity contribution in [3.05, 3.63) is 95.0 Å². The number of hydrogen-bond acceptors (Lipinski definition) is 7. The van der Waals surface area contributed by atoms with Crippen LogP contribution in [0.5, 0.6) is 0 Å². The van der Waals surface area contributed by atoms with Crippen LogP contribution in [-0.4, -0.2) is 79.9 Å². The summed E-state index contributed by atoms with van der Waals surface area (Å²) in [5, 5.41) is 5.85. The van der Waals surface area contributed by atoms with Gasteiger partial charge in [0.05, 0.1) is 49.0 Å². The largest absolute Gasteiger partial charge is 0.453 e. The summed E-state index contributed by atoms with van der Waals surface area (Å²) in [6.45, 7) is 19.6. The van der Waals surface area contributed by atoms with E-state index in [0.717, 1.165) is 92.2 Å². The highest BCUT2D eigenvalue weighted by Crippen LogP contribution is 2.38. The van der Waals surface area contributed by atoms with E-state index in [1.807, 2.05) is 45.0 Å². The molecule has 4 unspecified atom stereocenters. The number of amides is 3. The summed E-state index contributed by atoms with van der Waals surface area (Å²) in [5.41, 5.74) is 10.3. The molecule has 6 aliphatic rings. The van der Waals surface area contributed by atoms with Crippen LogP contribution in [0.25, 0.3) is 22.5 Å². The lowest BCUT2D eigenvalue weighted by molar-refractivity contribution is -0.135. The van der Waals surface area contributed by atoms with Crippen LogP contribution >= 0.6 is 0 Å². The van der Waals surface area contributed by atoms with Crippen molar-refractivity contribution >= 4 is 17.9 Å². The van der Waals surface area contributed by atoms with Crippen LogP contribution in [0, 0.1) is 11.8 Å². The smallest absolute Gasteiger partial charge is 0.407 e. The van der Waals surface area contributed by atoms with Crippen molar-refractivity contribution in [1.29, 1.82) is 0 Å². The van der Waals surface area contributed by atoms with E-state index < -0.39 is 12.1 Å². The number of likely N-dealkylation sites (tertiary alicyclic amines) is 2. The van der Waals surface area contributed by atoms with Gasteiger partial charge in [-0.1, -0.05) is 72.4 Å². The number of aromatic amines is 2. The van der Waals surface area contributed by atoms with E-state index >= 15 is 0 Å². The van der Waals surface area contributed by atoms with Crippen molar-refractivity contribution in [2.75, 3.05) is 20.2 Å². The maximum Gasteiger partial charge on any atom is 0.407 e. The number of nitrogens with one attached hydrogen (secondary N) is 4. The van der Waals surface area contributed by atoms with Gasteiger partial charge in [0.1, 0.15) is 17.7 Å². The molecule has 59 heavy (non-hydrogen) atoms. The summed E-state index contributed by atoms with van der Waals surface area (Å²) >= 11 is 0. The molecule has 10 rings (SSSR count). The van der Waals surface area contributed by atoms with Gasteiger partial charge in [0.25, 0.3) is 0 Å². The third kappa shape index (κ3) is 9.58. The zero-order valence-electron chi connectivity index (χ0n) is 36.3. The molecule has 4 aromatic rings. The van der Waals surface area contributed by atoms with Crippen LogP contribution in [0.15, 0.2) is 61.1 Å². The van der Waals surface area contributed by atoms with Crippen LogP contribution in [0.1, 0.15) is 120 Å². The summed E-state index contributed by atoms with van der Waals surface area (Å²) < 4.78 is 4.81. The summed E-state index contributed by atoms with van der Waals surface area (Å²) in [6, 6.07) is 12.8. The zero-order valence-corrected chi connectivity index (χ0v) is 36.3. The standard InChI is InChI=1S/C45H58N8O4.C2H6/c1-26(2)40(48-29(6)54)28(5)52-20-8-10-38(52)42-46-24-36(49-42)34-22-30-12-16-32(34)17-13-31-15-19-33(18-14-30)35(23-31)37-25-47-43(50-37)39-11-9-21-53(39)44(55)41(27(3)4)51-45(56)57-7;1-2/h12,15-16,19,22-27,38-41H,5,8-11,13-14,17-18,20-21H2,1-4,6-7H3,(H,46,49)(H,47,50)(H,48,54)(H,51,56);1-2H3. The minimum absolute atomic E-state index is 0.0470. The van der Waals surface area contributed by atoms with Crippen molar-refractivity contribution in [1.82, 2.24) is 40.4 Å². The molecule has 0 spiro atoms. The number of aromatic nitrogens is 4. The molecule has 2 saturated heterocycles. The normalized spacial score (nSPS) is 18.5. The molecule has 4 N–H and O–H groups in total. The second kappa shape index (κ2) is 19.1. The maximum atomic E-state index is 13.7. The Morgan fingerprint density at radius 3 is 1.71 bits per heavy atom. The molecule has 0 saturated carbocycles. The van der Waals surface area contributed by atoms with Gasteiger partial charge in [0.15, 0.2) is 0 Å². The number of imidazole rings is 2. The van der Waals surface area contributed by atoms with Crippen molar-refractivity contribution < 1.29 is 19.1 Å². The number of carbonyl (C=O) groups excluding carboxylic acids is 3. The highest BCUT2D eigenvalue weighted by molar-refractivity contribution is 5.86. The SMILES string of the molecule is C=C(C(NC(C)=O)C(C)C)N1CCCC1c1ncc(-c2cc3ccc2CCc2ccc(c(-c4cnc(C5CCCN5C(=O)C(NC(=O)OC)C(C)C)[nH]4)c2)CC3)[nH]1.CC. The number of nitrogens with zero attached hydrogens (tertiary/aromatic N) is 4. The lowest BCUT2D eigenvalue weighted by Crippen LogP contribution is -2.51. The van der Waals surface area contributed by atoms with E-state index in [-0.39, 0.29) is 41.8 Å².